The molecule has 0 spiro atoms. The number of nitrogens with zero attached hydrogens (tertiary/aromatic N) is 1. The Bertz CT molecular complexity index is 556. The van der Waals surface area contributed by atoms with Crippen molar-refractivity contribution < 1.29 is 13.2 Å². The van der Waals surface area contributed by atoms with E-state index in [0.717, 1.165) is 30.1 Å². The van der Waals surface area contributed by atoms with Crippen LogP contribution in [0.15, 0.2) is 33.6 Å². The first-order valence-corrected chi connectivity index (χ1v) is 9.12. The van der Waals surface area contributed by atoms with Crippen LogP contribution in [0.1, 0.15) is 12.8 Å². The molecule has 1 saturated heterocycles. The van der Waals surface area contributed by atoms with Crippen LogP contribution in [0.3, 0.4) is 0 Å². The molecular formula is C14H18BrNO3S. The molecular weight excluding hydrogens is 342 g/mol. The minimum absolute atomic E-state index is 0.0548. The zero-order chi connectivity index (χ0) is 14.6. The number of halogens is 1. The standard InChI is InChI=1S/C14H18BrNO3S/c15-13-3-5-14(6-4-13)20(18,19)9-8-16-7-1-2-12(10-16)11-17/h3-6,11-12H,1-2,7-10H2. The lowest BCUT2D eigenvalue weighted by atomic mass is 10.00. The topological polar surface area (TPSA) is 54.5 Å². The fourth-order valence-electron chi connectivity index (χ4n) is 2.41. The van der Waals surface area contributed by atoms with Gasteiger partial charge in [0.05, 0.1) is 10.6 Å². The second-order valence-corrected chi connectivity index (χ2v) is 8.14. The molecule has 0 radical (unpaired) electrons. The summed E-state index contributed by atoms with van der Waals surface area (Å²) in [5.74, 6) is 0.152. The third-order valence-corrected chi connectivity index (χ3v) is 5.82. The van der Waals surface area contributed by atoms with Gasteiger partial charge in [0.15, 0.2) is 9.84 Å². The first-order valence-electron chi connectivity index (χ1n) is 6.67. The Morgan fingerprint density at radius 1 is 1.30 bits per heavy atom. The maximum atomic E-state index is 12.2. The zero-order valence-corrected chi connectivity index (χ0v) is 13.6. The average molecular weight is 360 g/mol. The molecule has 1 unspecified atom stereocenters. The molecule has 1 heterocycles. The van der Waals surface area contributed by atoms with Crippen molar-refractivity contribution in [1.82, 2.24) is 4.90 Å². The number of likely N-dealkylation sites (tertiary alicyclic amines) is 1. The number of carbonyl (C=O) groups is 1. The Morgan fingerprint density at radius 2 is 2.00 bits per heavy atom. The number of carbonyl (C=O) groups excluding carboxylic acids is 1. The summed E-state index contributed by atoms with van der Waals surface area (Å²) in [5, 5.41) is 0. The summed E-state index contributed by atoms with van der Waals surface area (Å²) in [4.78, 5) is 13.2. The van der Waals surface area contributed by atoms with Gasteiger partial charge in [0.1, 0.15) is 6.29 Å². The fraction of sp³-hybridized carbons (Fsp3) is 0.500. The van der Waals surface area contributed by atoms with Gasteiger partial charge >= 0.3 is 0 Å². The van der Waals surface area contributed by atoms with E-state index in [1.807, 2.05) is 0 Å². The zero-order valence-electron chi connectivity index (χ0n) is 11.2. The summed E-state index contributed by atoms with van der Waals surface area (Å²) in [6.45, 7) is 2.04. The van der Waals surface area contributed by atoms with Gasteiger partial charge in [0.25, 0.3) is 0 Å². The van der Waals surface area contributed by atoms with Crippen LogP contribution in [0, 0.1) is 5.92 Å². The van der Waals surface area contributed by atoms with Crippen LogP contribution in [-0.2, 0) is 14.6 Å². The molecule has 0 saturated carbocycles. The van der Waals surface area contributed by atoms with Gasteiger partial charge in [-0.2, -0.15) is 0 Å². The van der Waals surface area contributed by atoms with E-state index < -0.39 is 9.84 Å². The van der Waals surface area contributed by atoms with Crippen molar-refractivity contribution in [3.05, 3.63) is 28.7 Å². The van der Waals surface area contributed by atoms with Crippen LogP contribution in [0.4, 0.5) is 0 Å². The minimum atomic E-state index is -3.25. The lowest BCUT2D eigenvalue weighted by molar-refractivity contribution is -0.112. The Kier molecular flexibility index (Phi) is 5.35. The molecule has 0 N–H and O–H groups in total. The largest absolute Gasteiger partial charge is 0.303 e. The van der Waals surface area contributed by atoms with Gasteiger partial charge in [-0.05, 0) is 43.7 Å². The van der Waals surface area contributed by atoms with E-state index in [1.54, 1.807) is 24.3 Å². The number of piperidine rings is 1. The molecule has 4 nitrogen and oxygen atoms in total. The van der Waals surface area contributed by atoms with E-state index in [0.29, 0.717) is 18.0 Å². The normalized spacial score (nSPS) is 20.8. The summed E-state index contributed by atoms with van der Waals surface area (Å²) in [7, 11) is -3.25. The Labute approximate surface area is 128 Å². The summed E-state index contributed by atoms with van der Waals surface area (Å²) < 4.78 is 25.3. The first-order chi connectivity index (χ1) is 9.51. The van der Waals surface area contributed by atoms with Crippen molar-refractivity contribution in [2.75, 3.05) is 25.4 Å². The number of aldehydes is 1. The van der Waals surface area contributed by atoms with Gasteiger partial charge in [-0.3, -0.25) is 0 Å². The maximum absolute atomic E-state index is 12.2. The Hall–Kier alpha value is -0.720. The molecule has 1 aliphatic rings. The molecule has 1 atom stereocenters. The van der Waals surface area contributed by atoms with Crippen molar-refractivity contribution >= 4 is 32.1 Å². The molecule has 6 heteroatoms. The molecule has 1 fully saturated rings. The van der Waals surface area contributed by atoms with Crippen LogP contribution in [0.25, 0.3) is 0 Å². The second-order valence-electron chi connectivity index (χ2n) is 5.11. The van der Waals surface area contributed by atoms with E-state index in [2.05, 4.69) is 20.8 Å². The van der Waals surface area contributed by atoms with Gasteiger partial charge in [-0.25, -0.2) is 8.42 Å². The van der Waals surface area contributed by atoms with Crippen LogP contribution >= 0.6 is 15.9 Å². The molecule has 0 aliphatic carbocycles. The minimum Gasteiger partial charge on any atom is -0.303 e. The molecule has 1 aromatic rings. The molecule has 0 amide bonds. The highest BCUT2D eigenvalue weighted by molar-refractivity contribution is 9.10. The summed E-state index contributed by atoms with van der Waals surface area (Å²) >= 11 is 3.29. The molecule has 20 heavy (non-hydrogen) atoms. The van der Waals surface area contributed by atoms with Gasteiger partial charge in [0, 0.05) is 23.5 Å². The third-order valence-electron chi connectivity index (χ3n) is 3.58. The molecule has 1 aromatic carbocycles. The third kappa shape index (κ3) is 4.14. The number of rotatable bonds is 5. The predicted molar refractivity (Wildman–Crippen MR) is 81.4 cm³/mol. The van der Waals surface area contributed by atoms with Gasteiger partial charge in [-0.1, -0.05) is 15.9 Å². The molecule has 2 rings (SSSR count). The summed E-state index contributed by atoms with van der Waals surface area (Å²) in [6, 6.07) is 6.69. The Balaban J connectivity index is 1.95. The van der Waals surface area contributed by atoms with Crippen LogP contribution in [-0.4, -0.2) is 45.0 Å². The highest BCUT2D eigenvalue weighted by Crippen LogP contribution is 2.18. The van der Waals surface area contributed by atoms with Crippen LogP contribution in [0.2, 0.25) is 0 Å². The van der Waals surface area contributed by atoms with Gasteiger partial charge in [-0.15, -0.1) is 0 Å². The molecule has 0 bridgehead atoms. The average Bonchev–Trinajstić information content (AvgIpc) is 2.46. The number of hydrogen-bond donors (Lipinski definition) is 0. The van der Waals surface area contributed by atoms with E-state index >= 15 is 0 Å². The van der Waals surface area contributed by atoms with E-state index in [9.17, 15) is 13.2 Å². The van der Waals surface area contributed by atoms with Crippen LogP contribution in [0.5, 0.6) is 0 Å². The number of benzene rings is 1. The second kappa shape index (κ2) is 6.83. The smallest absolute Gasteiger partial charge is 0.179 e. The fourth-order valence-corrected chi connectivity index (χ4v) is 3.96. The first kappa shape index (κ1) is 15.7. The predicted octanol–water partition coefficient (Wildman–Crippen LogP) is 2.13. The van der Waals surface area contributed by atoms with Gasteiger partial charge in [0.2, 0.25) is 0 Å². The highest BCUT2D eigenvalue weighted by atomic mass is 79.9. The molecule has 110 valence electrons. The van der Waals surface area contributed by atoms with Crippen molar-refractivity contribution in [3.63, 3.8) is 0 Å². The van der Waals surface area contributed by atoms with Crippen molar-refractivity contribution in [2.45, 2.75) is 17.7 Å². The summed E-state index contributed by atoms with van der Waals surface area (Å²) in [6.07, 6.45) is 2.86. The van der Waals surface area contributed by atoms with Crippen molar-refractivity contribution in [2.24, 2.45) is 5.92 Å². The quantitative estimate of drug-likeness (QED) is 0.755. The van der Waals surface area contributed by atoms with E-state index in [-0.39, 0.29) is 11.7 Å². The monoisotopic (exact) mass is 359 g/mol. The van der Waals surface area contributed by atoms with Gasteiger partial charge < -0.3 is 9.69 Å². The maximum Gasteiger partial charge on any atom is 0.179 e. The number of sulfone groups is 1. The Morgan fingerprint density at radius 3 is 2.65 bits per heavy atom. The lowest BCUT2D eigenvalue weighted by Crippen LogP contribution is -2.38. The highest BCUT2D eigenvalue weighted by Gasteiger charge is 2.21. The van der Waals surface area contributed by atoms with Crippen molar-refractivity contribution in [3.8, 4) is 0 Å². The van der Waals surface area contributed by atoms with E-state index in [1.165, 1.54) is 0 Å². The SMILES string of the molecule is O=CC1CCCN(CCS(=O)(=O)c2ccc(Br)cc2)C1. The van der Waals surface area contributed by atoms with Crippen LogP contribution < -0.4 is 0 Å². The van der Waals surface area contributed by atoms with Crippen molar-refractivity contribution in [1.29, 1.82) is 0 Å². The molecule has 0 aromatic heterocycles. The lowest BCUT2D eigenvalue weighted by Gasteiger charge is -2.29. The number of hydrogen-bond acceptors (Lipinski definition) is 4. The van der Waals surface area contributed by atoms with E-state index in [4.69, 9.17) is 0 Å². The molecule has 1 aliphatic heterocycles. The summed E-state index contributed by atoms with van der Waals surface area (Å²) in [5.41, 5.74) is 0.